The predicted molar refractivity (Wildman–Crippen MR) is 69.1 cm³/mol. The van der Waals surface area contributed by atoms with Crippen molar-refractivity contribution in [2.45, 2.75) is 63.4 Å². The molecule has 2 aliphatic heterocycles. The van der Waals surface area contributed by atoms with Crippen molar-refractivity contribution in [3.63, 3.8) is 0 Å². The molecule has 0 amide bonds. The molecule has 114 valence electrons. The Morgan fingerprint density at radius 3 is 2.60 bits per heavy atom. The van der Waals surface area contributed by atoms with Crippen LogP contribution in [0, 0.1) is 0 Å². The Hall–Kier alpha value is -0.980. The molecule has 6 nitrogen and oxygen atoms in total. The minimum absolute atomic E-state index is 0.0340. The quantitative estimate of drug-likeness (QED) is 0.720. The van der Waals surface area contributed by atoms with Gasteiger partial charge in [-0.05, 0) is 12.8 Å². The number of aliphatic hydroxyl groups is 1. The van der Waals surface area contributed by atoms with Crippen LogP contribution in [0.4, 0.5) is 0 Å². The lowest BCUT2D eigenvalue weighted by Gasteiger charge is -2.30. The summed E-state index contributed by atoms with van der Waals surface area (Å²) in [6.45, 7) is 3.82. The highest BCUT2D eigenvalue weighted by Crippen LogP contribution is 2.38. The summed E-state index contributed by atoms with van der Waals surface area (Å²) >= 11 is 0. The average Bonchev–Trinajstić information content (AvgIpc) is 2.93. The molecule has 4 atom stereocenters. The van der Waals surface area contributed by atoms with E-state index < -0.39 is 29.9 Å². The topological polar surface area (TPSA) is 82.1 Å². The van der Waals surface area contributed by atoms with Crippen molar-refractivity contribution >= 4 is 11.8 Å². The summed E-state index contributed by atoms with van der Waals surface area (Å²) in [7, 11) is 0. The Bertz CT molecular complexity index is 382. The molecule has 2 fully saturated rings. The molecule has 0 aromatic carbocycles. The second-order valence-corrected chi connectivity index (χ2v) is 5.38. The molecule has 0 aliphatic carbocycles. The number of esters is 1. The zero-order chi connectivity index (χ0) is 14.8. The summed E-state index contributed by atoms with van der Waals surface area (Å²) in [6, 6.07) is 0. The van der Waals surface area contributed by atoms with Crippen molar-refractivity contribution in [2.24, 2.45) is 0 Å². The first-order valence-corrected chi connectivity index (χ1v) is 7.21. The van der Waals surface area contributed by atoms with Crippen molar-refractivity contribution in [2.75, 3.05) is 13.2 Å². The summed E-state index contributed by atoms with van der Waals surface area (Å²) in [4.78, 5) is 24.3. The largest absolute Gasteiger partial charge is 0.446 e. The van der Waals surface area contributed by atoms with Gasteiger partial charge in [0.15, 0.2) is 5.78 Å². The van der Waals surface area contributed by atoms with Crippen LogP contribution in [0.2, 0.25) is 0 Å². The normalized spacial score (nSPS) is 35.9. The summed E-state index contributed by atoms with van der Waals surface area (Å²) in [6.07, 6.45) is -0.211. The molecule has 1 N–H and O–H groups in total. The highest BCUT2D eigenvalue weighted by Gasteiger charge is 2.62. The number of aliphatic hydroxyl groups excluding tert-OH is 1. The maximum absolute atomic E-state index is 12.4. The lowest BCUT2D eigenvalue weighted by Crippen LogP contribution is -2.53. The van der Waals surface area contributed by atoms with Crippen LogP contribution < -0.4 is 0 Å². The Morgan fingerprint density at radius 2 is 1.95 bits per heavy atom. The summed E-state index contributed by atoms with van der Waals surface area (Å²) in [5.41, 5.74) is -1.38. The van der Waals surface area contributed by atoms with E-state index in [-0.39, 0.29) is 25.4 Å². The molecule has 0 bridgehead atoms. The minimum atomic E-state index is -1.38. The van der Waals surface area contributed by atoms with Crippen LogP contribution in [0.15, 0.2) is 0 Å². The van der Waals surface area contributed by atoms with E-state index in [1.165, 1.54) is 0 Å². The van der Waals surface area contributed by atoms with E-state index in [0.717, 1.165) is 0 Å². The number of carbonyl (C=O) groups is 2. The molecule has 20 heavy (non-hydrogen) atoms. The van der Waals surface area contributed by atoms with Crippen LogP contribution in [-0.2, 0) is 23.8 Å². The highest BCUT2D eigenvalue weighted by atomic mass is 16.6. The molecule has 2 saturated heterocycles. The third-order valence-electron chi connectivity index (χ3n) is 3.77. The van der Waals surface area contributed by atoms with Crippen LogP contribution in [0.1, 0.15) is 39.5 Å². The van der Waals surface area contributed by atoms with E-state index in [1.54, 1.807) is 0 Å². The number of ketones is 1. The van der Waals surface area contributed by atoms with Gasteiger partial charge in [-0.15, -0.1) is 0 Å². The maximum Gasteiger partial charge on any atom is 0.306 e. The number of ether oxygens (including phenoxy) is 3. The van der Waals surface area contributed by atoms with Gasteiger partial charge in [0.05, 0.1) is 13.2 Å². The molecule has 0 aromatic heterocycles. The van der Waals surface area contributed by atoms with E-state index >= 15 is 0 Å². The SMILES string of the molecule is CCCC(=O)O[C@@]1(C(=O)CCC)CO[C@@H]2[C@H](O)CO[C@@H]21. The standard InChI is InChI=1S/C14H22O6/c1-3-5-10(16)14(20-11(17)6-4-2)8-19-12-9(15)7-18-13(12)14/h9,12-13,15H,3-8H2,1-2H3/t9-,12-,13+,14-/m1/s1. The van der Waals surface area contributed by atoms with Gasteiger partial charge in [-0.2, -0.15) is 0 Å². The van der Waals surface area contributed by atoms with Crippen LogP contribution in [-0.4, -0.2) is 54.0 Å². The average molecular weight is 286 g/mol. The van der Waals surface area contributed by atoms with Gasteiger partial charge in [-0.3, -0.25) is 9.59 Å². The molecule has 0 aromatic rings. The monoisotopic (exact) mass is 286 g/mol. The number of Topliss-reactive ketones (excluding diaryl/α,β-unsaturated/α-hetero) is 1. The lowest BCUT2D eigenvalue weighted by molar-refractivity contribution is -0.178. The fourth-order valence-corrected chi connectivity index (χ4v) is 2.77. The van der Waals surface area contributed by atoms with Gasteiger partial charge in [-0.1, -0.05) is 13.8 Å². The fraction of sp³-hybridized carbons (Fsp3) is 0.857. The first kappa shape index (κ1) is 15.4. The van der Waals surface area contributed by atoms with Gasteiger partial charge in [-0.25, -0.2) is 0 Å². The molecule has 0 radical (unpaired) electrons. The smallest absolute Gasteiger partial charge is 0.306 e. The van der Waals surface area contributed by atoms with Crippen LogP contribution >= 0.6 is 0 Å². The van der Waals surface area contributed by atoms with Crippen molar-refractivity contribution in [1.29, 1.82) is 0 Å². The van der Waals surface area contributed by atoms with Gasteiger partial charge in [0.1, 0.15) is 18.3 Å². The lowest BCUT2D eigenvalue weighted by atomic mass is 9.88. The van der Waals surface area contributed by atoms with Crippen LogP contribution in [0.5, 0.6) is 0 Å². The first-order valence-electron chi connectivity index (χ1n) is 7.21. The fourth-order valence-electron chi connectivity index (χ4n) is 2.77. The van der Waals surface area contributed by atoms with Gasteiger partial charge < -0.3 is 19.3 Å². The second kappa shape index (κ2) is 6.20. The molecule has 0 saturated carbocycles. The van der Waals surface area contributed by atoms with Crippen molar-refractivity contribution in [1.82, 2.24) is 0 Å². The number of carbonyl (C=O) groups excluding carboxylic acids is 2. The molecule has 2 rings (SSSR count). The third-order valence-corrected chi connectivity index (χ3v) is 3.77. The molecule has 6 heteroatoms. The van der Waals surface area contributed by atoms with E-state index in [1.807, 2.05) is 13.8 Å². The zero-order valence-corrected chi connectivity index (χ0v) is 12.0. The van der Waals surface area contributed by atoms with Crippen molar-refractivity contribution < 1.29 is 28.9 Å². The molecule has 2 heterocycles. The summed E-state index contributed by atoms with van der Waals surface area (Å²) in [5, 5.41) is 9.78. The van der Waals surface area contributed by atoms with Crippen LogP contribution in [0.25, 0.3) is 0 Å². The first-order chi connectivity index (χ1) is 9.55. The number of hydrogen-bond donors (Lipinski definition) is 1. The summed E-state index contributed by atoms with van der Waals surface area (Å²) in [5.74, 6) is -0.614. The second-order valence-electron chi connectivity index (χ2n) is 5.38. The number of fused-ring (bicyclic) bond motifs is 1. The third kappa shape index (κ3) is 2.60. The van der Waals surface area contributed by atoms with Crippen molar-refractivity contribution in [3.8, 4) is 0 Å². The number of rotatable bonds is 6. The molecular weight excluding hydrogens is 264 g/mol. The Labute approximate surface area is 118 Å². The van der Waals surface area contributed by atoms with Crippen molar-refractivity contribution in [3.05, 3.63) is 0 Å². The Balaban J connectivity index is 2.21. The van der Waals surface area contributed by atoms with Gasteiger partial charge in [0, 0.05) is 12.8 Å². The summed E-state index contributed by atoms with van der Waals surface area (Å²) < 4.78 is 16.4. The van der Waals surface area contributed by atoms with E-state index in [9.17, 15) is 14.7 Å². The van der Waals surface area contributed by atoms with E-state index in [0.29, 0.717) is 19.3 Å². The van der Waals surface area contributed by atoms with Gasteiger partial charge >= 0.3 is 5.97 Å². The zero-order valence-electron chi connectivity index (χ0n) is 12.0. The van der Waals surface area contributed by atoms with E-state index in [2.05, 4.69) is 0 Å². The molecule has 2 aliphatic rings. The van der Waals surface area contributed by atoms with E-state index in [4.69, 9.17) is 14.2 Å². The minimum Gasteiger partial charge on any atom is -0.446 e. The molecule has 0 unspecified atom stereocenters. The highest BCUT2D eigenvalue weighted by molar-refractivity contribution is 5.91. The number of hydrogen-bond acceptors (Lipinski definition) is 6. The Morgan fingerprint density at radius 1 is 1.25 bits per heavy atom. The van der Waals surface area contributed by atoms with Crippen LogP contribution in [0.3, 0.4) is 0 Å². The maximum atomic E-state index is 12.4. The molecule has 0 spiro atoms. The van der Waals surface area contributed by atoms with Gasteiger partial charge in [0.2, 0.25) is 5.60 Å². The Kier molecular flexibility index (Phi) is 4.78. The molecular formula is C14H22O6. The van der Waals surface area contributed by atoms with Gasteiger partial charge in [0.25, 0.3) is 0 Å². The predicted octanol–water partition coefficient (Wildman–Crippen LogP) is 0.596.